The van der Waals surface area contributed by atoms with E-state index in [9.17, 15) is 14.4 Å². The molecule has 0 bridgehead atoms. The van der Waals surface area contributed by atoms with Gasteiger partial charge < -0.3 is 19.6 Å². The Bertz CT molecular complexity index is 1310. The summed E-state index contributed by atoms with van der Waals surface area (Å²) in [5.41, 5.74) is 3.75. The molecule has 0 saturated heterocycles. The Morgan fingerprint density at radius 1 is 0.952 bits per heavy atom. The third-order valence-corrected chi connectivity index (χ3v) is 7.69. The highest BCUT2D eigenvalue weighted by Crippen LogP contribution is 2.46. The van der Waals surface area contributed by atoms with Crippen molar-refractivity contribution in [1.29, 1.82) is 0 Å². The highest BCUT2D eigenvalue weighted by Gasteiger charge is 2.37. The molecule has 1 atom stereocenters. The van der Waals surface area contributed by atoms with E-state index in [4.69, 9.17) is 14.3 Å². The fourth-order valence-corrected chi connectivity index (χ4v) is 5.01. The summed E-state index contributed by atoms with van der Waals surface area (Å²) in [5.74, 6) is -1.51. The first-order valence-corrected chi connectivity index (χ1v) is 14.7. The van der Waals surface area contributed by atoms with Crippen molar-refractivity contribution in [2.75, 3.05) is 18.5 Å². The van der Waals surface area contributed by atoms with Crippen LogP contribution in [0.1, 0.15) is 101 Å². The van der Waals surface area contributed by atoms with Crippen molar-refractivity contribution in [3.8, 4) is 0 Å². The van der Waals surface area contributed by atoms with E-state index >= 15 is 0 Å². The van der Waals surface area contributed by atoms with E-state index in [1.54, 1.807) is 31.2 Å². The van der Waals surface area contributed by atoms with Crippen molar-refractivity contribution in [2.24, 2.45) is 5.16 Å². The molecule has 0 aliphatic heterocycles. The third kappa shape index (κ3) is 8.08. The second-order valence-electron chi connectivity index (χ2n) is 11.9. The van der Waals surface area contributed by atoms with Gasteiger partial charge in [-0.3, -0.25) is 4.79 Å². The first kappa shape index (κ1) is 32.6. The fraction of sp³-hybridized carbons (Fsp3) is 0.471. The van der Waals surface area contributed by atoms with Crippen LogP contribution in [0.15, 0.2) is 60.3 Å². The lowest BCUT2D eigenvalue weighted by molar-refractivity contribution is -0.157. The zero-order valence-corrected chi connectivity index (χ0v) is 25.7. The number of unbranched alkanes of at least 4 members (excludes halogenated alkanes) is 1. The molecule has 0 radical (unpaired) electrons. The number of nitrogens with one attached hydrogen (secondary N) is 1. The first-order chi connectivity index (χ1) is 19.9. The molecule has 0 heterocycles. The Balaban J connectivity index is 1.99. The van der Waals surface area contributed by atoms with E-state index in [0.29, 0.717) is 23.2 Å². The van der Waals surface area contributed by atoms with E-state index in [1.165, 1.54) is 11.6 Å². The van der Waals surface area contributed by atoms with Crippen molar-refractivity contribution >= 4 is 29.2 Å². The second kappa shape index (κ2) is 14.3. The lowest BCUT2D eigenvalue weighted by Gasteiger charge is -2.42. The van der Waals surface area contributed by atoms with Crippen LogP contribution in [0.3, 0.4) is 0 Å². The summed E-state index contributed by atoms with van der Waals surface area (Å²) in [6, 6.07) is 12.3. The van der Waals surface area contributed by atoms with Gasteiger partial charge in [-0.1, -0.05) is 71.0 Å². The Hall–Kier alpha value is -3.94. The normalized spacial score (nSPS) is 16.0. The first-order valence-electron chi connectivity index (χ1n) is 14.7. The van der Waals surface area contributed by atoms with Crippen molar-refractivity contribution in [3.05, 3.63) is 77.4 Å². The van der Waals surface area contributed by atoms with Gasteiger partial charge in [-0.05, 0) is 84.9 Å². The molecule has 8 nitrogen and oxygen atoms in total. The molecule has 1 amide bonds. The summed E-state index contributed by atoms with van der Waals surface area (Å²) in [6.07, 6.45) is 4.66. The molecule has 1 aliphatic carbocycles. The van der Waals surface area contributed by atoms with Gasteiger partial charge in [0.2, 0.25) is 6.10 Å². The predicted molar refractivity (Wildman–Crippen MR) is 165 cm³/mol. The van der Waals surface area contributed by atoms with Crippen LogP contribution < -0.4 is 5.32 Å². The Morgan fingerprint density at radius 3 is 2.21 bits per heavy atom. The average Bonchev–Trinajstić information content (AvgIpc) is 2.96. The number of amides is 1. The van der Waals surface area contributed by atoms with Gasteiger partial charge in [0.25, 0.3) is 5.91 Å². The summed E-state index contributed by atoms with van der Waals surface area (Å²) in [7, 11) is 0. The number of hydrogen-bond donors (Lipinski definition) is 1. The molecule has 3 rings (SSSR count). The third-order valence-electron chi connectivity index (χ3n) is 7.69. The van der Waals surface area contributed by atoms with Crippen LogP contribution >= 0.6 is 0 Å². The number of rotatable bonds is 13. The van der Waals surface area contributed by atoms with Gasteiger partial charge >= 0.3 is 11.9 Å². The molecular weight excluding hydrogens is 532 g/mol. The molecule has 2 aromatic rings. The van der Waals surface area contributed by atoms with E-state index in [-0.39, 0.29) is 29.8 Å². The smallest absolute Gasteiger partial charge is 0.350 e. The largest absolute Gasteiger partial charge is 0.463 e. The number of anilines is 1. The maximum atomic E-state index is 13.7. The van der Waals surface area contributed by atoms with Gasteiger partial charge in [-0.25, -0.2) is 9.59 Å². The zero-order chi connectivity index (χ0) is 30.9. The lowest BCUT2D eigenvalue weighted by atomic mass is 9.63. The van der Waals surface area contributed by atoms with Gasteiger partial charge in [-0.15, -0.1) is 0 Å². The summed E-state index contributed by atoms with van der Waals surface area (Å²) in [5, 5.41) is 7.13. The SMILES string of the molecule is C=CCOC(=O)c1ccc(NC(=O)/C(=N\OC(CCCC)C(=O)OCC)c2ccc3c(c2)C(C)(C)CCC3(C)C)cc1. The van der Waals surface area contributed by atoms with Gasteiger partial charge in [0, 0.05) is 11.3 Å². The number of ether oxygens (including phenoxy) is 2. The second-order valence-corrected chi connectivity index (χ2v) is 11.9. The number of carbonyl (C=O) groups is 3. The maximum Gasteiger partial charge on any atom is 0.350 e. The molecule has 1 N–H and O–H groups in total. The Kier molecular flexibility index (Phi) is 11.1. The van der Waals surface area contributed by atoms with Crippen LogP contribution in [-0.2, 0) is 34.7 Å². The number of benzene rings is 2. The van der Waals surface area contributed by atoms with Crippen molar-refractivity contribution in [1.82, 2.24) is 0 Å². The molecule has 226 valence electrons. The molecule has 0 fully saturated rings. The molecule has 2 aromatic carbocycles. The van der Waals surface area contributed by atoms with Crippen LogP contribution in [0.25, 0.3) is 0 Å². The molecule has 1 unspecified atom stereocenters. The van der Waals surface area contributed by atoms with E-state index < -0.39 is 23.9 Å². The van der Waals surface area contributed by atoms with Crippen molar-refractivity contribution < 1.29 is 28.7 Å². The number of oxime groups is 1. The summed E-state index contributed by atoms with van der Waals surface area (Å²) in [6.45, 7) is 16.5. The molecule has 1 aliphatic rings. The van der Waals surface area contributed by atoms with Crippen molar-refractivity contribution in [3.63, 3.8) is 0 Å². The Morgan fingerprint density at radius 2 is 1.60 bits per heavy atom. The summed E-state index contributed by atoms with van der Waals surface area (Å²) in [4.78, 5) is 44.2. The molecule has 0 aromatic heterocycles. The monoisotopic (exact) mass is 576 g/mol. The van der Waals surface area contributed by atoms with Gasteiger partial charge in [-0.2, -0.15) is 0 Å². The summed E-state index contributed by atoms with van der Waals surface area (Å²) < 4.78 is 10.3. The molecule has 0 saturated carbocycles. The Labute approximate surface area is 249 Å². The molecule has 8 heteroatoms. The quantitative estimate of drug-likeness (QED) is 0.121. The van der Waals surface area contributed by atoms with Crippen molar-refractivity contribution in [2.45, 2.75) is 90.6 Å². The lowest BCUT2D eigenvalue weighted by Crippen LogP contribution is -2.34. The topological polar surface area (TPSA) is 103 Å². The number of fused-ring (bicyclic) bond motifs is 1. The fourth-order valence-electron chi connectivity index (χ4n) is 5.01. The van der Waals surface area contributed by atoms with Crippen LogP contribution in [0.4, 0.5) is 5.69 Å². The molecule has 42 heavy (non-hydrogen) atoms. The number of esters is 2. The van der Waals surface area contributed by atoms with Crippen LogP contribution in [0.5, 0.6) is 0 Å². The highest BCUT2D eigenvalue weighted by atomic mass is 16.7. The van der Waals surface area contributed by atoms with Gasteiger partial charge in [0.15, 0.2) is 5.71 Å². The van der Waals surface area contributed by atoms with E-state index in [2.05, 4.69) is 50.8 Å². The van der Waals surface area contributed by atoms with E-state index in [1.807, 2.05) is 19.1 Å². The minimum atomic E-state index is -0.929. The standard InChI is InChI=1S/C34H44N2O6/c1-8-11-12-28(32(39)40-10-3)42-36-29(24-15-18-26-27(22-24)34(6,7)20-19-33(26,4)5)30(37)35-25-16-13-23(14-17-25)31(38)41-21-9-2/h9,13-18,22,28H,2,8,10-12,19-21H2,1,3-7H3,(H,35,37)/b36-29-. The molecular formula is C34H44N2O6. The van der Waals surface area contributed by atoms with Gasteiger partial charge in [0.05, 0.1) is 12.2 Å². The number of hydrogen-bond acceptors (Lipinski definition) is 7. The van der Waals surface area contributed by atoms with E-state index in [0.717, 1.165) is 31.2 Å². The minimum Gasteiger partial charge on any atom is -0.463 e. The van der Waals surface area contributed by atoms with Crippen LogP contribution in [0, 0.1) is 0 Å². The number of nitrogens with zero attached hydrogens (tertiary/aromatic N) is 1. The zero-order valence-electron chi connectivity index (χ0n) is 25.7. The highest BCUT2D eigenvalue weighted by molar-refractivity contribution is 6.48. The predicted octanol–water partition coefficient (Wildman–Crippen LogP) is 6.86. The number of carbonyl (C=O) groups excluding carboxylic acids is 3. The maximum absolute atomic E-state index is 13.7. The molecule has 0 spiro atoms. The van der Waals surface area contributed by atoms with Crippen LogP contribution in [-0.4, -0.2) is 42.9 Å². The van der Waals surface area contributed by atoms with Gasteiger partial charge in [0.1, 0.15) is 6.61 Å². The summed E-state index contributed by atoms with van der Waals surface area (Å²) >= 11 is 0. The average molecular weight is 577 g/mol. The van der Waals surface area contributed by atoms with Crippen LogP contribution in [0.2, 0.25) is 0 Å². The minimum absolute atomic E-state index is 0.00315.